The SMILES string of the molecule is C[C@H]1[C@H]([Si](C)(C)O)[C@@H](CCn2cc(CCO)nn2)O[C@]12C(=O)N(Cc1ccc(N3N=C(c4ccccc4)CCC3=O)cc1)c1ccc(Br)cc12. The van der Waals surface area contributed by atoms with Gasteiger partial charge in [-0.3, -0.25) is 14.3 Å². The van der Waals surface area contributed by atoms with Crippen molar-refractivity contribution in [1.29, 1.82) is 0 Å². The molecule has 260 valence electrons. The van der Waals surface area contributed by atoms with Crippen LogP contribution in [0, 0.1) is 5.92 Å². The molecule has 3 aromatic carbocycles. The largest absolute Gasteiger partial charge is 0.432 e. The van der Waals surface area contributed by atoms with Crippen LogP contribution in [0.3, 0.4) is 0 Å². The van der Waals surface area contributed by atoms with Crippen LogP contribution in [0.15, 0.2) is 88.6 Å². The second-order valence-electron chi connectivity index (χ2n) is 13.9. The van der Waals surface area contributed by atoms with Gasteiger partial charge in [0, 0.05) is 60.1 Å². The smallest absolute Gasteiger partial charge is 0.264 e. The third kappa shape index (κ3) is 6.26. The highest BCUT2D eigenvalue weighted by atomic mass is 79.9. The number of amides is 2. The van der Waals surface area contributed by atoms with Crippen molar-refractivity contribution in [3.05, 3.63) is 106 Å². The summed E-state index contributed by atoms with van der Waals surface area (Å²) in [5.41, 5.74) is 4.22. The Kier molecular flexibility index (Phi) is 9.37. The van der Waals surface area contributed by atoms with Gasteiger partial charge in [-0.1, -0.05) is 70.5 Å². The minimum Gasteiger partial charge on any atom is -0.432 e. The molecule has 13 heteroatoms. The molecule has 0 bridgehead atoms. The summed E-state index contributed by atoms with van der Waals surface area (Å²) < 4.78 is 9.53. The molecule has 11 nitrogen and oxygen atoms in total. The molecule has 4 heterocycles. The number of anilines is 2. The Morgan fingerprint density at radius 2 is 1.80 bits per heavy atom. The molecule has 0 radical (unpaired) electrons. The third-order valence-corrected chi connectivity index (χ3v) is 13.2. The number of carbonyl (C=O) groups is 2. The summed E-state index contributed by atoms with van der Waals surface area (Å²) in [6, 6.07) is 23.4. The number of nitrogens with zero attached hydrogens (tertiary/aromatic N) is 6. The Labute approximate surface area is 300 Å². The summed E-state index contributed by atoms with van der Waals surface area (Å²) >= 11 is 3.63. The van der Waals surface area contributed by atoms with Crippen molar-refractivity contribution in [3.63, 3.8) is 0 Å². The lowest BCUT2D eigenvalue weighted by Gasteiger charge is -2.32. The molecular formula is C37H41BrN6O5Si. The van der Waals surface area contributed by atoms with Crippen molar-refractivity contribution in [2.24, 2.45) is 11.0 Å². The van der Waals surface area contributed by atoms with Gasteiger partial charge in [-0.25, -0.2) is 5.01 Å². The molecule has 4 aromatic rings. The van der Waals surface area contributed by atoms with Crippen molar-refractivity contribution in [2.75, 3.05) is 16.5 Å². The molecule has 3 aliphatic heterocycles. The van der Waals surface area contributed by atoms with Crippen LogP contribution in [-0.4, -0.2) is 63.5 Å². The summed E-state index contributed by atoms with van der Waals surface area (Å²) in [4.78, 5) is 41.1. The van der Waals surface area contributed by atoms with E-state index in [1.807, 2.05) is 99.0 Å². The number of aromatic nitrogens is 3. The number of benzene rings is 3. The maximum atomic E-state index is 14.8. The van der Waals surface area contributed by atoms with E-state index >= 15 is 0 Å². The minimum atomic E-state index is -2.83. The van der Waals surface area contributed by atoms with Crippen molar-refractivity contribution < 1.29 is 24.2 Å². The standard InChI is InChI=1S/C37H41BrN6O5Si/c1-24-35(50(2,3)48)33(17-19-42-23-28(18-20-45)39-41-42)49-37(24)30-21-27(38)11-15-32(30)43(36(37)47)22-25-9-12-29(13-10-25)44-34(46)16-14-31(40-44)26-7-5-4-6-8-26/h4-13,15,21,23-24,33,35,45,48H,14,16-20,22H2,1-3H3/t24-,33+,35-,37+/m0/s1. The van der Waals surface area contributed by atoms with Gasteiger partial charge in [-0.05, 0) is 61.0 Å². The van der Waals surface area contributed by atoms with Crippen LogP contribution in [-0.2, 0) is 39.4 Å². The molecule has 1 aromatic heterocycles. The summed E-state index contributed by atoms with van der Waals surface area (Å²) in [5.74, 6) is -0.508. The average Bonchev–Trinajstić information content (AvgIpc) is 3.74. The topological polar surface area (TPSA) is 133 Å². The minimum absolute atomic E-state index is 0.00314. The van der Waals surface area contributed by atoms with Crippen LogP contribution in [0.25, 0.3) is 0 Å². The maximum absolute atomic E-state index is 14.8. The number of hydrogen-bond donors (Lipinski definition) is 2. The van der Waals surface area contributed by atoms with E-state index in [-0.39, 0.29) is 36.0 Å². The van der Waals surface area contributed by atoms with Crippen LogP contribution < -0.4 is 9.91 Å². The Bertz CT molecular complexity index is 1930. The van der Waals surface area contributed by atoms with Gasteiger partial charge < -0.3 is 19.5 Å². The van der Waals surface area contributed by atoms with Gasteiger partial charge in [0.2, 0.25) is 5.91 Å². The van der Waals surface area contributed by atoms with Crippen LogP contribution >= 0.6 is 15.9 Å². The van der Waals surface area contributed by atoms with Crippen molar-refractivity contribution in [2.45, 2.75) is 76.0 Å². The molecule has 0 saturated carbocycles. The maximum Gasteiger partial charge on any atom is 0.264 e. The molecule has 7 rings (SSSR count). The normalized spacial score (nSPS) is 23.6. The molecular weight excluding hydrogens is 716 g/mol. The molecule has 4 atom stereocenters. The summed E-state index contributed by atoms with van der Waals surface area (Å²) in [5, 5.41) is 23.8. The van der Waals surface area contributed by atoms with Crippen LogP contribution in [0.1, 0.15) is 48.6 Å². The van der Waals surface area contributed by atoms with Crippen LogP contribution in [0.5, 0.6) is 0 Å². The lowest BCUT2D eigenvalue weighted by atomic mass is 9.82. The molecule has 1 fully saturated rings. The van der Waals surface area contributed by atoms with E-state index in [1.54, 1.807) is 9.58 Å². The Morgan fingerprint density at radius 1 is 1.04 bits per heavy atom. The van der Waals surface area contributed by atoms with Gasteiger partial charge in [0.25, 0.3) is 5.91 Å². The summed E-state index contributed by atoms with van der Waals surface area (Å²) in [6.45, 7) is 6.67. The summed E-state index contributed by atoms with van der Waals surface area (Å²) in [6.07, 6.45) is 3.37. The lowest BCUT2D eigenvalue weighted by Crippen LogP contribution is -2.46. The van der Waals surface area contributed by atoms with E-state index in [1.165, 1.54) is 5.01 Å². The number of hydrazone groups is 1. The number of rotatable bonds is 10. The Morgan fingerprint density at radius 3 is 2.52 bits per heavy atom. The van der Waals surface area contributed by atoms with Gasteiger partial charge in [-0.2, -0.15) is 5.10 Å². The number of aliphatic hydroxyl groups is 1. The fourth-order valence-electron chi connectivity index (χ4n) is 7.93. The monoisotopic (exact) mass is 756 g/mol. The molecule has 2 amide bonds. The van der Waals surface area contributed by atoms with E-state index in [2.05, 4.69) is 26.2 Å². The number of fused-ring (bicyclic) bond motifs is 2. The van der Waals surface area contributed by atoms with Gasteiger partial charge in [0.1, 0.15) is 0 Å². The number of carbonyl (C=O) groups excluding carboxylic acids is 2. The number of halogens is 1. The van der Waals surface area contributed by atoms with Gasteiger partial charge in [-0.15, -0.1) is 5.10 Å². The van der Waals surface area contributed by atoms with Gasteiger partial charge in [0.05, 0.1) is 35.4 Å². The highest BCUT2D eigenvalue weighted by molar-refractivity contribution is 9.10. The zero-order valence-electron chi connectivity index (χ0n) is 28.4. The number of hydrogen-bond acceptors (Lipinski definition) is 8. The number of ether oxygens (including phenoxy) is 1. The average molecular weight is 758 g/mol. The third-order valence-electron chi connectivity index (χ3n) is 10.2. The predicted molar refractivity (Wildman–Crippen MR) is 196 cm³/mol. The first-order valence-electron chi connectivity index (χ1n) is 17.1. The fourth-order valence-corrected chi connectivity index (χ4v) is 10.9. The Balaban J connectivity index is 1.16. The van der Waals surface area contributed by atoms with Crippen LogP contribution in [0.4, 0.5) is 11.4 Å². The number of aliphatic hydroxyl groups excluding tert-OH is 1. The second-order valence-corrected chi connectivity index (χ2v) is 18.8. The molecule has 1 saturated heterocycles. The van der Waals surface area contributed by atoms with Crippen molar-refractivity contribution >= 4 is 53.1 Å². The molecule has 50 heavy (non-hydrogen) atoms. The van der Waals surface area contributed by atoms with E-state index < -0.39 is 13.9 Å². The summed E-state index contributed by atoms with van der Waals surface area (Å²) in [7, 11) is -2.83. The van der Waals surface area contributed by atoms with E-state index in [0.717, 1.165) is 32.6 Å². The molecule has 2 N–H and O–H groups in total. The first kappa shape index (κ1) is 34.4. The lowest BCUT2D eigenvalue weighted by molar-refractivity contribution is -0.146. The van der Waals surface area contributed by atoms with E-state index in [4.69, 9.17) is 9.84 Å². The zero-order valence-corrected chi connectivity index (χ0v) is 31.0. The predicted octanol–water partition coefficient (Wildman–Crippen LogP) is 5.54. The number of aryl methyl sites for hydroxylation is 1. The molecule has 0 unspecified atom stereocenters. The first-order chi connectivity index (χ1) is 24.0. The molecule has 3 aliphatic rings. The quantitative estimate of drug-likeness (QED) is 0.203. The second kappa shape index (κ2) is 13.6. The first-order valence-corrected chi connectivity index (χ1v) is 20.9. The molecule has 1 spiro atoms. The molecule has 0 aliphatic carbocycles. The van der Waals surface area contributed by atoms with Crippen molar-refractivity contribution in [3.8, 4) is 0 Å². The highest BCUT2D eigenvalue weighted by Gasteiger charge is 2.66. The highest BCUT2D eigenvalue weighted by Crippen LogP contribution is 2.60. The van der Waals surface area contributed by atoms with Gasteiger partial charge >= 0.3 is 0 Å². The van der Waals surface area contributed by atoms with E-state index in [0.29, 0.717) is 50.2 Å². The fraction of sp³-hybridized carbons (Fsp3) is 0.378. The van der Waals surface area contributed by atoms with Gasteiger partial charge in [0.15, 0.2) is 13.9 Å². The van der Waals surface area contributed by atoms with Crippen molar-refractivity contribution in [1.82, 2.24) is 15.0 Å². The Hall–Kier alpha value is -4.01. The van der Waals surface area contributed by atoms with E-state index in [9.17, 15) is 19.5 Å². The zero-order chi connectivity index (χ0) is 35.2. The van der Waals surface area contributed by atoms with Crippen LogP contribution in [0.2, 0.25) is 18.6 Å².